The molecule has 86 valence electrons. The summed E-state index contributed by atoms with van der Waals surface area (Å²) >= 11 is 0. The van der Waals surface area contributed by atoms with Gasteiger partial charge in [-0.05, 0) is 50.5 Å². The van der Waals surface area contributed by atoms with Crippen LogP contribution in [0.15, 0.2) is 0 Å². The van der Waals surface area contributed by atoms with Gasteiger partial charge in [0.1, 0.15) is 5.78 Å². The van der Waals surface area contributed by atoms with Crippen molar-refractivity contribution in [3.05, 3.63) is 0 Å². The highest BCUT2D eigenvalue weighted by atomic mass is 16.1. The van der Waals surface area contributed by atoms with Crippen LogP contribution in [0.5, 0.6) is 0 Å². The van der Waals surface area contributed by atoms with Crippen LogP contribution in [0.25, 0.3) is 0 Å². The van der Waals surface area contributed by atoms with Crippen molar-refractivity contribution < 1.29 is 4.79 Å². The molecule has 2 aliphatic rings. The van der Waals surface area contributed by atoms with Crippen LogP contribution in [0, 0.1) is 17.8 Å². The maximum absolute atomic E-state index is 11.9. The zero-order valence-corrected chi connectivity index (χ0v) is 9.58. The van der Waals surface area contributed by atoms with E-state index in [0.717, 1.165) is 38.1 Å². The second kappa shape index (κ2) is 5.11. The number of hydrogen-bond acceptors (Lipinski definition) is 2. The molecule has 2 saturated carbocycles. The summed E-state index contributed by atoms with van der Waals surface area (Å²) in [7, 11) is 0. The maximum Gasteiger partial charge on any atom is 0.135 e. The molecule has 0 heterocycles. The Balaban J connectivity index is 1.66. The van der Waals surface area contributed by atoms with Crippen molar-refractivity contribution in [2.24, 2.45) is 23.5 Å². The third kappa shape index (κ3) is 3.30. The van der Waals surface area contributed by atoms with Crippen molar-refractivity contribution in [3.8, 4) is 0 Å². The number of carbonyl (C=O) groups excluding carboxylic acids is 1. The Bertz CT molecular complexity index is 215. The third-order valence-corrected chi connectivity index (χ3v) is 4.13. The first kappa shape index (κ1) is 11.1. The van der Waals surface area contributed by atoms with Gasteiger partial charge in [-0.1, -0.05) is 12.8 Å². The molecule has 0 spiro atoms. The first-order chi connectivity index (χ1) is 7.29. The lowest BCUT2D eigenvalue weighted by atomic mass is 9.79. The summed E-state index contributed by atoms with van der Waals surface area (Å²) in [5.74, 6) is 2.51. The van der Waals surface area contributed by atoms with Crippen LogP contribution in [0.1, 0.15) is 51.4 Å². The largest absolute Gasteiger partial charge is 0.330 e. The molecule has 0 amide bonds. The molecule has 0 aromatic carbocycles. The van der Waals surface area contributed by atoms with Crippen molar-refractivity contribution in [2.75, 3.05) is 6.54 Å². The van der Waals surface area contributed by atoms with E-state index in [1.54, 1.807) is 0 Å². The molecule has 0 aromatic heterocycles. The van der Waals surface area contributed by atoms with Gasteiger partial charge in [0.15, 0.2) is 0 Å². The Morgan fingerprint density at radius 1 is 1.00 bits per heavy atom. The van der Waals surface area contributed by atoms with E-state index in [1.165, 1.54) is 25.7 Å². The van der Waals surface area contributed by atoms with Crippen LogP contribution in [0.2, 0.25) is 0 Å². The number of hydrogen-bond donors (Lipinski definition) is 1. The molecule has 0 aliphatic heterocycles. The fraction of sp³-hybridized carbons (Fsp3) is 0.923. The highest BCUT2D eigenvalue weighted by Gasteiger charge is 2.27. The van der Waals surface area contributed by atoms with Gasteiger partial charge in [0.2, 0.25) is 0 Å². The summed E-state index contributed by atoms with van der Waals surface area (Å²) in [6.07, 6.45) is 9.31. The Morgan fingerprint density at radius 2 is 1.60 bits per heavy atom. The lowest BCUT2D eigenvalue weighted by Gasteiger charge is -2.26. The van der Waals surface area contributed by atoms with Crippen molar-refractivity contribution in [1.29, 1.82) is 0 Å². The van der Waals surface area contributed by atoms with Crippen LogP contribution in [-0.2, 0) is 4.79 Å². The van der Waals surface area contributed by atoms with Crippen LogP contribution in [0.3, 0.4) is 0 Å². The molecule has 0 aromatic rings. The first-order valence-electron chi connectivity index (χ1n) is 6.52. The normalized spacial score (nSPS) is 31.5. The fourth-order valence-electron chi connectivity index (χ4n) is 2.68. The number of nitrogens with two attached hydrogens (primary N) is 1. The van der Waals surface area contributed by atoms with Crippen molar-refractivity contribution >= 4 is 5.78 Å². The van der Waals surface area contributed by atoms with E-state index in [2.05, 4.69) is 0 Å². The second-order valence-corrected chi connectivity index (χ2v) is 5.40. The topological polar surface area (TPSA) is 43.1 Å². The average molecular weight is 209 g/mol. The number of carbonyl (C=O) groups is 1. The monoisotopic (exact) mass is 209 g/mol. The summed E-state index contributed by atoms with van der Waals surface area (Å²) in [4.78, 5) is 11.9. The summed E-state index contributed by atoms with van der Waals surface area (Å²) in [6.45, 7) is 0.809. The Morgan fingerprint density at radius 3 is 2.13 bits per heavy atom. The molecular weight excluding hydrogens is 186 g/mol. The van der Waals surface area contributed by atoms with Gasteiger partial charge in [0, 0.05) is 12.3 Å². The molecule has 0 atom stereocenters. The average Bonchev–Trinajstić information content (AvgIpc) is 3.10. The van der Waals surface area contributed by atoms with E-state index in [-0.39, 0.29) is 0 Å². The van der Waals surface area contributed by atoms with Gasteiger partial charge >= 0.3 is 0 Å². The Kier molecular flexibility index (Phi) is 3.79. The van der Waals surface area contributed by atoms with Crippen LogP contribution < -0.4 is 5.73 Å². The minimum Gasteiger partial charge on any atom is -0.330 e. The second-order valence-electron chi connectivity index (χ2n) is 5.40. The summed E-state index contributed by atoms with van der Waals surface area (Å²) in [5.41, 5.74) is 5.65. The molecule has 2 fully saturated rings. The van der Waals surface area contributed by atoms with Gasteiger partial charge in [-0.3, -0.25) is 4.79 Å². The molecule has 15 heavy (non-hydrogen) atoms. The van der Waals surface area contributed by atoms with E-state index >= 15 is 0 Å². The minimum absolute atomic E-state index is 0.381. The Labute approximate surface area is 92.6 Å². The molecule has 2 N–H and O–H groups in total. The quantitative estimate of drug-likeness (QED) is 0.756. The summed E-state index contributed by atoms with van der Waals surface area (Å²) in [5, 5.41) is 0. The zero-order valence-electron chi connectivity index (χ0n) is 9.58. The molecule has 0 bridgehead atoms. The highest BCUT2D eigenvalue weighted by molar-refractivity contribution is 5.81. The molecule has 2 nitrogen and oxygen atoms in total. The molecule has 2 rings (SSSR count). The summed E-state index contributed by atoms with van der Waals surface area (Å²) in [6, 6.07) is 0. The SMILES string of the molecule is NCC1CCC(C(=O)CCC2CC2)CC1. The van der Waals surface area contributed by atoms with Gasteiger partial charge in [-0.2, -0.15) is 0 Å². The predicted molar refractivity (Wildman–Crippen MR) is 61.5 cm³/mol. The third-order valence-electron chi connectivity index (χ3n) is 4.13. The lowest BCUT2D eigenvalue weighted by molar-refractivity contribution is -0.124. The lowest BCUT2D eigenvalue weighted by Crippen LogP contribution is -2.25. The highest BCUT2D eigenvalue weighted by Crippen LogP contribution is 2.35. The number of rotatable bonds is 5. The van der Waals surface area contributed by atoms with Gasteiger partial charge in [0.05, 0.1) is 0 Å². The standard InChI is InChI=1S/C13H23NO/c14-9-11-3-6-12(7-4-11)13(15)8-5-10-1-2-10/h10-12H,1-9,14H2. The van der Waals surface area contributed by atoms with Gasteiger partial charge in [0.25, 0.3) is 0 Å². The predicted octanol–water partition coefficient (Wildman–Crippen LogP) is 2.51. The van der Waals surface area contributed by atoms with Crippen molar-refractivity contribution in [3.63, 3.8) is 0 Å². The van der Waals surface area contributed by atoms with E-state index in [9.17, 15) is 4.79 Å². The van der Waals surface area contributed by atoms with Crippen LogP contribution in [-0.4, -0.2) is 12.3 Å². The van der Waals surface area contributed by atoms with Gasteiger partial charge < -0.3 is 5.73 Å². The van der Waals surface area contributed by atoms with Crippen molar-refractivity contribution in [2.45, 2.75) is 51.4 Å². The van der Waals surface area contributed by atoms with E-state index in [4.69, 9.17) is 5.73 Å². The Hall–Kier alpha value is -0.370. The smallest absolute Gasteiger partial charge is 0.135 e. The molecule has 2 heteroatoms. The number of Topliss-reactive ketones (excluding diaryl/α,β-unsaturated/α-hetero) is 1. The van der Waals surface area contributed by atoms with Crippen molar-refractivity contribution in [1.82, 2.24) is 0 Å². The zero-order chi connectivity index (χ0) is 10.7. The van der Waals surface area contributed by atoms with Gasteiger partial charge in [-0.15, -0.1) is 0 Å². The molecule has 0 unspecified atom stereocenters. The molecule has 0 saturated heterocycles. The minimum atomic E-state index is 0.381. The fourth-order valence-corrected chi connectivity index (χ4v) is 2.68. The molecular formula is C13H23NO. The van der Waals surface area contributed by atoms with E-state index in [1.807, 2.05) is 0 Å². The van der Waals surface area contributed by atoms with Gasteiger partial charge in [-0.25, -0.2) is 0 Å². The van der Waals surface area contributed by atoms with Crippen LogP contribution >= 0.6 is 0 Å². The molecule has 0 radical (unpaired) electrons. The van der Waals surface area contributed by atoms with E-state index in [0.29, 0.717) is 17.6 Å². The first-order valence-corrected chi connectivity index (χ1v) is 6.52. The van der Waals surface area contributed by atoms with Crippen LogP contribution in [0.4, 0.5) is 0 Å². The summed E-state index contributed by atoms with van der Waals surface area (Å²) < 4.78 is 0. The van der Waals surface area contributed by atoms with E-state index < -0.39 is 0 Å². The molecule has 2 aliphatic carbocycles. The number of ketones is 1. The maximum atomic E-state index is 11.9.